The van der Waals surface area contributed by atoms with Crippen LogP contribution in [0.2, 0.25) is 0 Å². The predicted octanol–water partition coefficient (Wildman–Crippen LogP) is -2.00. The van der Waals surface area contributed by atoms with Crippen LogP contribution in [0.25, 0.3) is 0 Å². The Labute approximate surface area is 37.5 Å². The van der Waals surface area contributed by atoms with E-state index in [9.17, 15) is 0 Å². The van der Waals surface area contributed by atoms with E-state index in [4.69, 9.17) is 0 Å². The number of hydrogen-bond donors (Lipinski definition) is 2. The molecule has 0 aromatic heterocycles. The first kappa shape index (κ1) is 4.09. The third-order valence-corrected chi connectivity index (χ3v) is 1.57. The monoisotopic (exact) mass is 88.1 g/mol. The molecule has 6 N–H and O–H groups in total. The summed E-state index contributed by atoms with van der Waals surface area (Å²) in [4.78, 5) is 0. The Hall–Kier alpha value is -0.0800. The molecule has 0 aliphatic heterocycles. The van der Waals surface area contributed by atoms with Gasteiger partial charge in [0.2, 0.25) is 0 Å². The highest BCUT2D eigenvalue weighted by Gasteiger charge is 2.30. The maximum atomic E-state index is 3.86. The van der Waals surface area contributed by atoms with Crippen molar-refractivity contribution in [3.05, 3.63) is 0 Å². The average molecular weight is 88.2 g/mol. The first-order valence-electron chi connectivity index (χ1n) is 2.47. The lowest BCUT2D eigenvalue weighted by Gasteiger charge is -2.21. The van der Waals surface area contributed by atoms with Gasteiger partial charge < -0.3 is 11.5 Å². The van der Waals surface area contributed by atoms with Crippen LogP contribution in [-0.2, 0) is 0 Å². The SMILES string of the molecule is [NH3+][C@@H]1CC[C@H]1[NH3+]. The van der Waals surface area contributed by atoms with Gasteiger partial charge >= 0.3 is 0 Å². The second kappa shape index (κ2) is 1.21. The molecule has 0 heterocycles. The third-order valence-electron chi connectivity index (χ3n) is 1.57. The zero-order valence-electron chi connectivity index (χ0n) is 3.98. The highest BCUT2D eigenvalue weighted by atomic mass is 14.8. The van der Waals surface area contributed by atoms with Gasteiger partial charge in [-0.1, -0.05) is 0 Å². The van der Waals surface area contributed by atoms with Crippen molar-refractivity contribution in [3.63, 3.8) is 0 Å². The van der Waals surface area contributed by atoms with E-state index in [1.807, 2.05) is 0 Å². The van der Waals surface area contributed by atoms with Crippen LogP contribution in [0.5, 0.6) is 0 Å². The smallest absolute Gasteiger partial charge is 0.137 e. The van der Waals surface area contributed by atoms with Crippen LogP contribution >= 0.6 is 0 Å². The fourth-order valence-corrected chi connectivity index (χ4v) is 0.638. The van der Waals surface area contributed by atoms with Crippen LogP contribution in [0.4, 0.5) is 0 Å². The summed E-state index contributed by atoms with van der Waals surface area (Å²) in [5.41, 5.74) is 7.72. The van der Waals surface area contributed by atoms with Gasteiger partial charge in [0.1, 0.15) is 12.1 Å². The molecule has 0 saturated heterocycles. The van der Waals surface area contributed by atoms with Crippen molar-refractivity contribution < 1.29 is 11.5 Å². The van der Waals surface area contributed by atoms with Gasteiger partial charge in [-0.25, -0.2) is 0 Å². The lowest BCUT2D eigenvalue weighted by atomic mass is 9.88. The van der Waals surface area contributed by atoms with E-state index in [2.05, 4.69) is 11.5 Å². The van der Waals surface area contributed by atoms with Gasteiger partial charge in [0.25, 0.3) is 0 Å². The minimum atomic E-state index is 0.671. The fourth-order valence-electron chi connectivity index (χ4n) is 0.638. The lowest BCUT2D eigenvalue weighted by Crippen LogP contribution is -2.84. The molecule has 2 heteroatoms. The number of quaternary nitrogens is 2. The molecule has 0 unspecified atom stereocenters. The Kier molecular flexibility index (Phi) is 0.821. The van der Waals surface area contributed by atoms with Crippen LogP contribution in [0.1, 0.15) is 12.8 Å². The molecule has 2 nitrogen and oxygen atoms in total. The third kappa shape index (κ3) is 0.420. The second-order valence-corrected chi connectivity index (χ2v) is 2.10. The van der Waals surface area contributed by atoms with Crippen LogP contribution in [0.15, 0.2) is 0 Å². The summed E-state index contributed by atoms with van der Waals surface area (Å²) in [7, 11) is 0. The van der Waals surface area contributed by atoms with Crippen molar-refractivity contribution in [1.29, 1.82) is 0 Å². The summed E-state index contributed by atoms with van der Waals surface area (Å²) in [6.45, 7) is 0. The largest absolute Gasteiger partial charge is 0.350 e. The molecule has 1 fully saturated rings. The van der Waals surface area contributed by atoms with E-state index in [-0.39, 0.29) is 0 Å². The maximum Gasteiger partial charge on any atom is 0.137 e. The van der Waals surface area contributed by atoms with Gasteiger partial charge in [-0.2, -0.15) is 0 Å². The molecule has 0 aromatic rings. The van der Waals surface area contributed by atoms with Crippen LogP contribution < -0.4 is 11.5 Å². The van der Waals surface area contributed by atoms with E-state index in [1.165, 1.54) is 12.8 Å². The molecule has 0 amide bonds. The molecular weight excluding hydrogens is 76.1 g/mol. The zero-order chi connectivity index (χ0) is 4.57. The van der Waals surface area contributed by atoms with E-state index < -0.39 is 0 Å². The van der Waals surface area contributed by atoms with Crippen molar-refractivity contribution in [2.24, 2.45) is 0 Å². The Morgan fingerprint density at radius 2 is 1.33 bits per heavy atom. The quantitative estimate of drug-likeness (QED) is 0.344. The molecule has 0 aromatic carbocycles. The van der Waals surface area contributed by atoms with Crippen molar-refractivity contribution in [1.82, 2.24) is 0 Å². The molecule has 0 spiro atoms. The van der Waals surface area contributed by atoms with Crippen molar-refractivity contribution in [3.8, 4) is 0 Å². The van der Waals surface area contributed by atoms with E-state index in [0.717, 1.165) is 0 Å². The van der Waals surface area contributed by atoms with Crippen molar-refractivity contribution in [2.75, 3.05) is 0 Å². The van der Waals surface area contributed by atoms with Crippen LogP contribution in [0, 0.1) is 0 Å². The normalized spacial score (nSPS) is 45.0. The first-order valence-corrected chi connectivity index (χ1v) is 2.47. The second-order valence-electron chi connectivity index (χ2n) is 2.10. The Morgan fingerprint density at radius 1 is 1.00 bits per heavy atom. The zero-order valence-corrected chi connectivity index (χ0v) is 3.98. The van der Waals surface area contributed by atoms with E-state index >= 15 is 0 Å². The summed E-state index contributed by atoms with van der Waals surface area (Å²) in [5, 5.41) is 0. The van der Waals surface area contributed by atoms with Crippen LogP contribution in [-0.4, -0.2) is 12.1 Å². The Bertz CT molecular complexity index is 45.5. The first-order chi connectivity index (χ1) is 2.80. The lowest BCUT2D eigenvalue weighted by molar-refractivity contribution is -0.555. The molecule has 1 aliphatic carbocycles. The van der Waals surface area contributed by atoms with Crippen molar-refractivity contribution in [2.45, 2.75) is 24.9 Å². The standard InChI is InChI=1S/C4H10N2/c5-3-1-2-4(3)6/h3-4H,1-2,5-6H2/p+2/t3-,4-/m1/s1. The van der Waals surface area contributed by atoms with Gasteiger partial charge in [0.15, 0.2) is 0 Å². The molecule has 0 bridgehead atoms. The average Bonchev–Trinajstić information content (AvgIpc) is 1.61. The molecule has 1 saturated carbocycles. The van der Waals surface area contributed by atoms with E-state index in [1.54, 1.807) is 0 Å². The Balaban J connectivity index is 2.20. The summed E-state index contributed by atoms with van der Waals surface area (Å²) in [6.07, 6.45) is 2.60. The Morgan fingerprint density at radius 3 is 1.33 bits per heavy atom. The van der Waals surface area contributed by atoms with E-state index in [0.29, 0.717) is 12.1 Å². The topological polar surface area (TPSA) is 55.3 Å². The molecular formula is C4H12N2+2. The molecule has 2 atom stereocenters. The molecule has 6 heavy (non-hydrogen) atoms. The van der Waals surface area contributed by atoms with Gasteiger partial charge in [-0.15, -0.1) is 0 Å². The number of hydrogen-bond acceptors (Lipinski definition) is 0. The maximum absolute atomic E-state index is 3.86. The molecule has 1 rings (SSSR count). The fraction of sp³-hybridized carbons (Fsp3) is 1.00. The highest BCUT2D eigenvalue weighted by molar-refractivity contribution is 4.75. The van der Waals surface area contributed by atoms with Gasteiger partial charge in [-0.05, 0) is 0 Å². The number of rotatable bonds is 0. The minimum Gasteiger partial charge on any atom is -0.350 e. The van der Waals surface area contributed by atoms with Gasteiger partial charge in [-0.3, -0.25) is 0 Å². The van der Waals surface area contributed by atoms with Gasteiger partial charge in [0.05, 0.1) is 0 Å². The van der Waals surface area contributed by atoms with Crippen LogP contribution in [0.3, 0.4) is 0 Å². The molecule has 0 radical (unpaired) electrons. The van der Waals surface area contributed by atoms with Crippen molar-refractivity contribution >= 4 is 0 Å². The highest BCUT2D eigenvalue weighted by Crippen LogP contribution is 2.10. The predicted molar refractivity (Wildman–Crippen MR) is 22.6 cm³/mol. The summed E-state index contributed by atoms with van der Waals surface area (Å²) in [5.74, 6) is 0. The summed E-state index contributed by atoms with van der Waals surface area (Å²) < 4.78 is 0. The molecule has 36 valence electrons. The minimum absolute atomic E-state index is 0.671. The molecule has 1 aliphatic rings. The summed E-state index contributed by atoms with van der Waals surface area (Å²) >= 11 is 0. The van der Waals surface area contributed by atoms with Gasteiger partial charge in [0, 0.05) is 12.8 Å². The summed E-state index contributed by atoms with van der Waals surface area (Å²) in [6, 6.07) is 1.34.